The van der Waals surface area contributed by atoms with Gasteiger partial charge < -0.3 is 14.8 Å². The maximum Gasteiger partial charge on any atom is 0.261 e. The van der Waals surface area contributed by atoms with Gasteiger partial charge in [-0.3, -0.25) is 4.79 Å². The number of nitrogens with one attached hydrogen (secondary N) is 1. The summed E-state index contributed by atoms with van der Waals surface area (Å²) >= 11 is 1.37. The van der Waals surface area contributed by atoms with Gasteiger partial charge in [-0.25, -0.2) is 4.39 Å². The number of carbonyl (C=O) groups is 1. The van der Waals surface area contributed by atoms with E-state index in [1.54, 1.807) is 19.2 Å². The molecule has 0 radical (unpaired) electrons. The minimum Gasteiger partial charge on any atom is -0.497 e. The first-order chi connectivity index (χ1) is 13.0. The lowest BCUT2D eigenvalue weighted by Crippen LogP contribution is -2.25. The molecular weight excluding hydrogens is 365 g/mol. The maximum atomic E-state index is 12.9. The number of halogens is 1. The van der Waals surface area contributed by atoms with Crippen molar-refractivity contribution in [1.29, 1.82) is 0 Å². The maximum absolute atomic E-state index is 12.9. The highest BCUT2D eigenvalue weighted by molar-refractivity contribution is 7.12. The second-order valence-electron chi connectivity index (χ2n) is 6.03. The monoisotopic (exact) mass is 385 g/mol. The lowest BCUT2D eigenvalue weighted by atomic mass is 10.1. The molecule has 0 aliphatic rings. The van der Waals surface area contributed by atoms with Crippen LogP contribution in [-0.2, 0) is 6.61 Å². The van der Waals surface area contributed by atoms with E-state index in [1.165, 1.54) is 23.5 Å². The van der Waals surface area contributed by atoms with Crippen LogP contribution in [0.25, 0.3) is 0 Å². The lowest BCUT2D eigenvalue weighted by molar-refractivity contribution is 0.0944. The van der Waals surface area contributed by atoms with E-state index in [0.717, 1.165) is 16.9 Å². The van der Waals surface area contributed by atoms with Crippen LogP contribution in [0.5, 0.6) is 11.5 Å². The van der Waals surface area contributed by atoms with Crippen LogP contribution in [0.2, 0.25) is 0 Å². The molecule has 0 fully saturated rings. The van der Waals surface area contributed by atoms with Gasteiger partial charge in [0.25, 0.3) is 5.91 Å². The van der Waals surface area contributed by atoms with Gasteiger partial charge in [-0.2, -0.15) is 0 Å². The number of thiophene rings is 1. The van der Waals surface area contributed by atoms with Crippen molar-refractivity contribution >= 4 is 17.2 Å². The van der Waals surface area contributed by atoms with Crippen LogP contribution >= 0.6 is 11.3 Å². The molecule has 1 heterocycles. The van der Waals surface area contributed by atoms with E-state index in [-0.39, 0.29) is 17.8 Å². The molecule has 0 saturated heterocycles. The smallest absolute Gasteiger partial charge is 0.261 e. The standard InChI is InChI=1S/C21H20FNO3S/c1-14(16-3-7-18(25-2)8-4-16)23-21(24)20-11-15(13-27-20)12-26-19-9-5-17(22)6-10-19/h3-11,13-14H,12H2,1-2H3,(H,23,24). The minimum absolute atomic E-state index is 0.121. The van der Waals surface area contributed by atoms with Gasteiger partial charge in [0.15, 0.2) is 0 Å². The predicted octanol–water partition coefficient (Wildman–Crippen LogP) is 4.97. The molecule has 0 spiro atoms. The third kappa shape index (κ3) is 5.08. The van der Waals surface area contributed by atoms with Crippen molar-refractivity contribution in [1.82, 2.24) is 5.32 Å². The number of carbonyl (C=O) groups excluding carboxylic acids is 1. The zero-order valence-corrected chi connectivity index (χ0v) is 15.9. The number of ether oxygens (including phenoxy) is 2. The number of hydrogen-bond acceptors (Lipinski definition) is 4. The van der Waals surface area contributed by atoms with Gasteiger partial charge in [-0.1, -0.05) is 12.1 Å². The van der Waals surface area contributed by atoms with E-state index in [4.69, 9.17) is 9.47 Å². The van der Waals surface area contributed by atoms with Crippen LogP contribution < -0.4 is 14.8 Å². The molecule has 0 aliphatic heterocycles. The van der Waals surface area contributed by atoms with Gasteiger partial charge in [-0.05, 0) is 60.3 Å². The quantitative estimate of drug-likeness (QED) is 0.625. The van der Waals surface area contributed by atoms with E-state index in [9.17, 15) is 9.18 Å². The Morgan fingerprint density at radius 2 is 1.78 bits per heavy atom. The zero-order valence-electron chi connectivity index (χ0n) is 15.1. The van der Waals surface area contributed by atoms with Crippen LogP contribution in [0.3, 0.4) is 0 Å². The molecule has 1 unspecified atom stereocenters. The van der Waals surface area contributed by atoms with Crippen LogP contribution in [0.1, 0.15) is 33.8 Å². The van der Waals surface area contributed by atoms with E-state index in [2.05, 4.69) is 5.32 Å². The summed E-state index contributed by atoms with van der Waals surface area (Å²) in [6.45, 7) is 2.26. The summed E-state index contributed by atoms with van der Waals surface area (Å²) in [6, 6.07) is 15.1. The summed E-state index contributed by atoms with van der Waals surface area (Å²) in [5.41, 5.74) is 1.90. The number of methoxy groups -OCH3 is 1. The van der Waals surface area contributed by atoms with E-state index < -0.39 is 0 Å². The average molecular weight is 385 g/mol. The number of benzene rings is 2. The second-order valence-corrected chi connectivity index (χ2v) is 6.94. The molecule has 0 bridgehead atoms. The highest BCUT2D eigenvalue weighted by atomic mass is 32.1. The van der Waals surface area contributed by atoms with Crippen molar-refractivity contribution in [2.45, 2.75) is 19.6 Å². The number of amides is 1. The largest absolute Gasteiger partial charge is 0.497 e. The Morgan fingerprint density at radius 3 is 2.44 bits per heavy atom. The van der Waals surface area contributed by atoms with Gasteiger partial charge >= 0.3 is 0 Å². The molecule has 3 aromatic rings. The summed E-state index contributed by atoms with van der Waals surface area (Å²) in [4.78, 5) is 13.1. The molecule has 3 rings (SSSR count). The Hall–Kier alpha value is -2.86. The van der Waals surface area contributed by atoms with Gasteiger partial charge in [0.1, 0.15) is 23.9 Å². The SMILES string of the molecule is COc1ccc(C(C)NC(=O)c2cc(COc3ccc(F)cc3)cs2)cc1. The third-order valence-electron chi connectivity index (χ3n) is 4.06. The van der Waals surface area contributed by atoms with E-state index >= 15 is 0 Å². The fourth-order valence-electron chi connectivity index (χ4n) is 2.51. The van der Waals surface area contributed by atoms with Crippen molar-refractivity contribution in [3.05, 3.63) is 81.8 Å². The molecule has 6 heteroatoms. The van der Waals surface area contributed by atoms with Crippen LogP contribution in [0.15, 0.2) is 60.0 Å². The highest BCUT2D eigenvalue weighted by Crippen LogP contribution is 2.21. The summed E-state index contributed by atoms with van der Waals surface area (Å²) in [5, 5.41) is 4.88. The van der Waals surface area contributed by atoms with E-state index in [1.807, 2.05) is 42.6 Å². The molecule has 0 saturated carbocycles. The summed E-state index contributed by atoms with van der Waals surface area (Å²) in [7, 11) is 1.62. The molecule has 4 nitrogen and oxygen atoms in total. The Bertz CT molecular complexity index is 891. The summed E-state index contributed by atoms with van der Waals surface area (Å²) in [5.74, 6) is 0.933. The van der Waals surface area contributed by atoms with Crippen LogP contribution in [0.4, 0.5) is 4.39 Å². The van der Waals surface area contributed by atoms with Crippen molar-refractivity contribution in [3.8, 4) is 11.5 Å². The van der Waals surface area contributed by atoms with Crippen LogP contribution in [0, 0.1) is 5.82 Å². The molecule has 27 heavy (non-hydrogen) atoms. The normalized spacial score (nSPS) is 11.7. The zero-order chi connectivity index (χ0) is 19.2. The molecule has 1 N–H and O–H groups in total. The van der Waals surface area contributed by atoms with Crippen molar-refractivity contribution < 1.29 is 18.7 Å². The lowest BCUT2D eigenvalue weighted by Gasteiger charge is -2.14. The van der Waals surface area contributed by atoms with Gasteiger partial charge in [-0.15, -0.1) is 11.3 Å². The van der Waals surface area contributed by atoms with E-state index in [0.29, 0.717) is 17.2 Å². The molecule has 1 atom stereocenters. The first-order valence-electron chi connectivity index (χ1n) is 8.46. The molecule has 1 aromatic heterocycles. The van der Waals surface area contributed by atoms with Crippen molar-refractivity contribution in [2.24, 2.45) is 0 Å². The average Bonchev–Trinajstić information content (AvgIpc) is 3.17. The van der Waals surface area contributed by atoms with Crippen molar-refractivity contribution in [2.75, 3.05) is 7.11 Å². The first kappa shape index (κ1) is 18.9. The Morgan fingerprint density at radius 1 is 1.11 bits per heavy atom. The Labute approximate surface area is 161 Å². The highest BCUT2D eigenvalue weighted by Gasteiger charge is 2.14. The van der Waals surface area contributed by atoms with Gasteiger partial charge in [0.05, 0.1) is 18.0 Å². The Kier molecular flexibility index (Phi) is 6.08. The second kappa shape index (κ2) is 8.68. The van der Waals surface area contributed by atoms with Crippen LogP contribution in [-0.4, -0.2) is 13.0 Å². The molecule has 0 aliphatic carbocycles. The molecular formula is C21H20FNO3S. The van der Waals surface area contributed by atoms with Gasteiger partial charge in [0.2, 0.25) is 0 Å². The van der Waals surface area contributed by atoms with Gasteiger partial charge in [0, 0.05) is 5.56 Å². The topological polar surface area (TPSA) is 47.6 Å². The molecule has 1 amide bonds. The first-order valence-corrected chi connectivity index (χ1v) is 9.33. The third-order valence-corrected chi connectivity index (χ3v) is 5.04. The Balaban J connectivity index is 1.56. The number of rotatable bonds is 7. The predicted molar refractivity (Wildman–Crippen MR) is 104 cm³/mol. The van der Waals surface area contributed by atoms with Crippen molar-refractivity contribution in [3.63, 3.8) is 0 Å². The fourth-order valence-corrected chi connectivity index (χ4v) is 3.31. The summed E-state index contributed by atoms with van der Waals surface area (Å²) in [6.07, 6.45) is 0. The number of hydrogen-bond donors (Lipinski definition) is 1. The fraction of sp³-hybridized carbons (Fsp3) is 0.190. The molecule has 140 valence electrons. The molecule has 2 aromatic carbocycles. The minimum atomic E-state index is -0.303. The summed E-state index contributed by atoms with van der Waals surface area (Å²) < 4.78 is 23.7.